The van der Waals surface area contributed by atoms with Crippen molar-refractivity contribution in [1.29, 1.82) is 0 Å². The number of rotatable bonds is 5. The maximum absolute atomic E-state index is 4.39. The van der Waals surface area contributed by atoms with E-state index in [9.17, 15) is 0 Å². The SMILES string of the molecule is CC(C)Cn1ncnc1Cn1ccnc1C(C)C. The second kappa shape index (κ2) is 5.33. The van der Waals surface area contributed by atoms with E-state index in [0.717, 1.165) is 24.7 Å². The molecule has 98 valence electrons. The first-order valence-corrected chi connectivity index (χ1v) is 6.45. The fraction of sp³-hybridized carbons (Fsp3) is 0.615. The number of hydrogen-bond donors (Lipinski definition) is 0. The fourth-order valence-electron chi connectivity index (χ4n) is 2.02. The van der Waals surface area contributed by atoms with Crippen molar-refractivity contribution in [3.05, 3.63) is 30.4 Å². The van der Waals surface area contributed by atoms with Crippen LogP contribution in [0.5, 0.6) is 0 Å². The molecule has 0 saturated heterocycles. The van der Waals surface area contributed by atoms with Crippen molar-refractivity contribution in [3.8, 4) is 0 Å². The molecule has 2 aromatic rings. The van der Waals surface area contributed by atoms with E-state index in [0.29, 0.717) is 11.8 Å². The van der Waals surface area contributed by atoms with Gasteiger partial charge in [-0.15, -0.1) is 0 Å². The maximum Gasteiger partial charge on any atom is 0.146 e. The molecule has 0 fully saturated rings. The van der Waals surface area contributed by atoms with Crippen LogP contribution in [0.4, 0.5) is 0 Å². The highest BCUT2D eigenvalue weighted by atomic mass is 15.3. The normalized spacial score (nSPS) is 11.7. The molecule has 0 aliphatic rings. The summed E-state index contributed by atoms with van der Waals surface area (Å²) in [6.45, 7) is 10.3. The van der Waals surface area contributed by atoms with Gasteiger partial charge in [0.1, 0.15) is 18.0 Å². The van der Waals surface area contributed by atoms with Crippen molar-refractivity contribution in [2.45, 2.75) is 46.7 Å². The van der Waals surface area contributed by atoms with Crippen LogP contribution in [0, 0.1) is 5.92 Å². The third-order valence-electron chi connectivity index (χ3n) is 2.81. The Labute approximate surface area is 108 Å². The van der Waals surface area contributed by atoms with Gasteiger partial charge in [0.05, 0.1) is 6.54 Å². The zero-order valence-corrected chi connectivity index (χ0v) is 11.5. The predicted molar refractivity (Wildman–Crippen MR) is 70.3 cm³/mol. The minimum atomic E-state index is 0.418. The standard InChI is InChI=1S/C13H21N5/c1-10(2)7-18-12(15-9-16-18)8-17-6-5-14-13(17)11(3)4/h5-6,9-11H,7-8H2,1-4H3. The van der Waals surface area contributed by atoms with Crippen molar-refractivity contribution < 1.29 is 0 Å². The zero-order chi connectivity index (χ0) is 13.1. The first-order chi connectivity index (χ1) is 8.58. The summed E-state index contributed by atoms with van der Waals surface area (Å²) in [5, 5.41) is 4.28. The van der Waals surface area contributed by atoms with Crippen molar-refractivity contribution in [1.82, 2.24) is 24.3 Å². The van der Waals surface area contributed by atoms with E-state index in [1.807, 2.05) is 17.1 Å². The van der Waals surface area contributed by atoms with E-state index < -0.39 is 0 Å². The number of imidazole rings is 1. The van der Waals surface area contributed by atoms with Gasteiger partial charge in [-0.1, -0.05) is 27.7 Å². The Morgan fingerprint density at radius 3 is 2.61 bits per heavy atom. The molecule has 2 heterocycles. The molecule has 0 bridgehead atoms. The molecule has 0 aromatic carbocycles. The smallest absolute Gasteiger partial charge is 0.146 e. The minimum absolute atomic E-state index is 0.418. The topological polar surface area (TPSA) is 48.5 Å². The van der Waals surface area contributed by atoms with Crippen LogP contribution in [0.3, 0.4) is 0 Å². The highest BCUT2D eigenvalue weighted by molar-refractivity contribution is 5.01. The first kappa shape index (κ1) is 12.8. The van der Waals surface area contributed by atoms with Crippen LogP contribution in [-0.4, -0.2) is 24.3 Å². The largest absolute Gasteiger partial charge is 0.327 e. The molecule has 0 amide bonds. The predicted octanol–water partition coefficient (Wildman–Crippen LogP) is 2.30. The summed E-state index contributed by atoms with van der Waals surface area (Å²) in [4.78, 5) is 8.74. The summed E-state index contributed by atoms with van der Waals surface area (Å²) < 4.78 is 4.13. The molecule has 2 aromatic heterocycles. The van der Waals surface area contributed by atoms with Gasteiger partial charge in [0.15, 0.2) is 0 Å². The van der Waals surface area contributed by atoms with E-state index in [1.165, 1.54) is 0 Å². The van der Waals surface area contributed by atoms with Crippen LogP contribution in [0.2, 0.25) is 0 Å². The second-order valence-electron chi connectivity index (χ2n) is 5.32. The fourth-order valence-corrected chi connectivity index (χ4v) is 2.02. The van der Waals surface area contributed by atoms with Gasteiger partial charge in [0.2, 0.25) is 0 Å². The lowest BCUT2D eigenvalue weighted by Crippen LogP contribution is -2.14. The van der Waals surface area contributed by atoms with Crippen LogP contribution in [-0.2, 0) is 13.1 Å². The second-order valence-corrected chi connectivity index (χ2v) is 5.32. The van der Waals surface area contributed by atoms with Gasteiger partial charge in [-0.2, -0.15) is 5.10 Å². The molecule has 0 spiro atoms. The quantitative estimate of drug-likeness (QED) is 0.814. The lowest BCUT2D eigenvalue weighted by molar-refractivity contribution is 0.458. The van der Waals surface area contributed by atoms with E-state index >= 15 is 0 Å². The van der Waals surface area contributed by atoms with Crippen molar-refractivity contribution in [2.75, 3.05) is 0 Å². The van der Waals surface area contributed by atoms with Crippen molar-refractivity contribution >= 4 is 0 Å². The molecule has 5 nitrogen and oxygen atoms in total. The molecule has 18 heavy (non-hydrogen) atoms. The minimum Gasteiger partial charge on any atom is -0.327 e. The number of aromatic nitrogens is 5. The van der Waals surface area contributed by atoms with Gasteiger partial charge >= 0.3 is 0 Å². The van der Waals surface area contributed by atoms with Crippen LogP contribution in [0.1, 0.15) is 45.3 Å². The molecule has 0 unspecified atom stereocenters. The van der Waals surface area contributed by atoms with E-state index in [1.54, 1.807) is 6.33 Å². The van der Waals surface area contributed by atoms with Gasteiger partial charge in [-0.3, -0.25) is 0 Å². The lowest BCUT2D eigenvalue weighted by atomic mass is 10.2. The third-order valence-corrected chi connectivity index (χ3v) is 2.81. The molecule has 0 radical (unpaired) electrons. The van der Waals surface area contributed by atoms with Gasteiger partial charge in [0.25, 0.3) is 0 Å². The molecule has 0 aliphatic carbocycles. The Balaban J connectivity index is 2.18. The van der Waals surface area contributed by atoms with Crippen molar-refractivity contribution in [2.24, 2.45) is 5.92 Å². The van der Waals surface area contributed by atoms with E-state index in [2.05, 4.69) is 47.3 Å². The van der Waals surface area contributed by atoms with Crippen LogP contribution in [0.15, 0.2) is 18.7 Å². The third kappa shape index (κ3) is 2.78. The van der Waals surface area contributed by atoms with Gasteiger partial charge in [-0.05, 0) is 5.92 Å². The first-order valence-electron chi connectivity index (χ1n) is 6.45. The molecule has 5 heteroatoms. The summed E-state index contributed by atoms with van der Waals surface area (Å²) in [5.41, 5.74) is 0. The molecule has 0 N–H and O–H groups in total. The van der Waals surface area contributed by atoms with Gasteiger partial charge in [-0.25, -0.2) is 14.6 Å². The van der Waals surface area contributed by atoms with Crippen LogP contribution < -0.4 is 0 Å². The summed E-state index contributed by atoms with van der Waals surface area (Å²) in [6.07, 6.45) is 5.48. The summed E-state index contributed by atoms with van der Waals surface area (Å²) >= 11 is 0. The molecular weight excluding hydrogens is 226 g/mol. The average molecular weight is 247 g/mol. The monoisotopic (exact) mass is 247 g/mol. The maximum atomic E-state index is 4.39. The zero-order valence-electron chi connectivity index (χ0n) is 11.5. The molecule has 0 saturated carbocycles. The van der Waals surface area contributed by atoms with Gasteiger partial charge < -0.3 is 4.57 Å². The van der Waals surface area contributed by atoms with Crippen LogP contribution >= 0.6 is 0 Å². The van der Waals surface area contributed by atoms with Gasteiger partial charge in [0, 0.05) is 24.9 Å². The summed E-state index contributed by atoms with van der Waals surface area (Å²) in [5.74, 6) is 3.07. The Hall–Kier alpha value is -1.65. The summed E-state index contributed by atoms with van der Waals surface area (Å²) in [6, 6.07) is 0. The highest BCUT2D eigenvalue weighted by Gasteiger charge is 2.11. The Kier molecular flexibility index (Phi) is 3.79. The molecule has 0 aliphatic heterocycles. The van der Waals surface area contributed by atoms with E-state index in [-0.39, 0.29) is 0 Å². The molecule has 2 rings (SSSR count). The lowest BCUT2D eigenvalue weighted by Gasteiger charge is -2.12. The summed E-state index contributed by atoms with van der Waals surface area (Å²) in [7, 11) is 0. The van der Waals surface area contributed by atoms with Crippen molar-refractivity contribution in [3.63, 3.8) is 0 Å². The Morgan fingerprint density at radius 1 is 1.17 bits per heavy atom. The highest BCUT2D eigenvalue weighted by Crippen LogP contribution is 2.13. The number of hydrogen-bond acceptors (Lipinski definition) is 3. The van der Waals surface area contributed by atoms with Crippen LogP contribution in [0.25, 0.3) is 0 Å². The Bertz CT molecular complexity index is 495. The molecular formula is C13H21N5. The Morgan fingerprint density at radius 2 is 1.94 bits per heavy atom. The average Bonchev–Trinajstić information content (AvgIpc) is 2.88. The van der Waals surface area contributed by atoms with E-state index in [4.69, 9.17) is 0 Å². The number of nitrogens with zero attached hydrogens (tertiary/aromatic N) is 5. The molecule has 0 atom stereocenters.